The van der Waals surface area contributed by atoms with Crippen LogP contribution in [0.4, 0.5) is 8.78 Å². The molecule has 4 atom stereocenters. The summed E-state index contributed by atoms with van der Waals surface area (Å²) in [5.74, 6) is -2.10. The van der Waals surface area contributed by atoms with Gasteiger partial charge in [0.15, 0.2) is 6.29 Å². The van der Waals surface area contributed by atoms with Crippen molar-refractivity contribution in [3.63, 3.8) is 0 Å². The van der Waals surface area contributed by atoms with E-state index in [9.17, 15) is 19.0 Å². The zero-order valence-corrected chi connectivity index (χ0v) is 18.3. The first-order valence-corrected chi connectivity index (χ1v) is 11.3. The Morgan fingerprint density at radius 3 is 2.55 bits per heavy atom. The lowest BCUT2D eigenvalue weighted by Gasteiger charge is -2.38. The van der Waals surface area contributed by atoms with Crippen molar-refractivity contribution in [2.45, 2.75) is 70.1 Å². The van der Waals surface area contributed by atoms with Gasteiger partial charge in [0.2, 0.25) is 5.92 Å². The summed E-state index contributed by atoms with van der Waals surface area (Å²) in [6.45, 7) is 5.29. The molecule has 31 heavy (non-hydrogen) atoms. The highest BCUT2D eigenvalue weighted by Gasteiger charge is 2.49. The molecule has 2 fully saturated rings. The Hall–Kier alpha value is -1.32. The minimum Gasteiger partial charge on any atom is -0.384 e. The number of hydrogen-bond donors (Lipinski definition) is 5. The van der Waals surface area contributed by atoms with Crippen LogP contribution >= 0.6 is 0 Å². The van der Waals surface area contributed by atoms with E-state index in [1.807, 2.05) is 0 Å². The number of nitrogens with one attached hydrogen (secondary N) is 3. The summed E-state index contributed by atoms with van der Waals surface area (Å²) in [5, 5.41) is 29.2. The lowest BCUT2D eigenvalue weighted by molar-refractivity contribution is -0.150. The summed E-state index contributed by atoms with van der Waals surface area (Å²) in [6.07, 6.45) is 8.94. The van der Waals surface area contributed by atoms with Gasteiger partial charge in [0.05, 0.1) is 18.9 Å². The molecule has 0 spiro atoms. The van der Waals surface area contributed by atoms with Gasteiger partial charge in [0, 0.05) is 49.0 Å². The van der Waals surface area contributed by atoms with Crippen LogP contribution in [0.5, 0.6) is 0 Å². The predicted octanol–water partition coefficient (Wildman–Crippen LogP) is 2.02. The smallest absolute Gasteiger partial charge is 0.248 e. The van der Waals surface area contributed by atoms with E-state index in [1.54, 1.807) is 13.8 Å². The van der Waals surface area contributed by atoms with E-state index in [0.29, 0.717) is 5.92 Å². The van der Waals surface area contributed by atoms with Gasteiger partial charge in [-0.2, -0.15) is 0 Å². The Kier molecular flexibility index (Phi) is 6.57. The number of aliphatic hydroxyl groups excluding tert-OH is 1. The van der Waals surface area contributed by atoms with E-state index in [0.717, 1.165) is 25.9 Å². The second-order valence-electron chi connectivity index (χ2n) is 10.1. The topological polar surface area (TPSA) is 85.8 Å². The molecule has 6 nitrogen and oxygen atoms in total. The molecule has 2 aliphatic carbocycles. The van der Waals surface area contributed by atoms with Gasteiger partial charge in [-0.15, -0.1) is 0 Å². The Bertz CT molecular complexity index is 742. The van der Waals surface area contributed by atoms with Crippen LogP contribution in [0.15, 0.2) is 35.6 Å². The van der Waals surface area contributed by atoms with Gasteiger partial charge in [0.25, 0.3) is 0 Å². The van der Waals surface area contributed by atoms with E-state index in [2.05, 4.69) is 40.3 Å². The number of aliphatic hydroxyl groups is 2. The highest BCUT2D eigenvalue weighted by Crippen LogP contribution is 2.44. The summed E-state index contributed by atoms with van der Waals surface area (Å²) in [5.41, 5.74) is 1.68. The van der Waals surface area contributed by atoms with Crippen LogP contribution in [-0.4, -0.2) is 60.4 Å². The number of dihydropyridines is 1. The lowest BCUT2D eigenvalue weighted by atomic mass is 9.76. The van der Waals surface area contributed by atoms with Gasteiger partial charge >= 0.3 is 0 Å². The van der Waals surface area contributed by atoms with E-state index in [-0.39, 0.29) is 43.7 Å². The van der Waals surface area contributed by atoms with Crippen molar-refractivity contribution >= 4 is 0 Å². The van der Waals surface area contributed by atoms with Gasteiger partial charge in [-0.05, 0) is 30.4 Å². The highest BCUT2D eigenvalue weighted by molar-refractivity contribution is 5.31. The molecular formula is C23H35F2N3O3. The maximum atomic E-state index is 13.2. The Labute approximate surface area is 182 Å². The molecular weight excluding hydrogens is 404 g/mol. The minimum atomic E-state index is -2.47. The molecule has 5 N–H and O–H groups in total. The van der Waals surface area contributed by atoms with Crippen molar-refractivity contribution in [2.24, 2.45) is 17.3 Å². The van der Waals surface area contributed by atoms with Crippen molar-refractivity contribution in [1.82, 2.24) is 16.0 Å². The van der Waals surface area contributed by atoms with Crippen LogP contribution in [0.1, 0.15) is 39.5 Å². The maximum absolute atomic E-state index is 13.2. The molecule has 4 aliphatic rings. The molecule has 1 saturated carbocycles. The second kappa shape index (κ2) is 8.90. The van der Waals surface area contributed by atoms with Crippen LogP contribution in [0, 0.1) is 17.3 Å². The van der Waals surface area contributed by atoms with Crippen molar-refractivity contribution in [1.29, 1.82) is 0 Å². The van der Waals surface area contributed by atoms with E-state index in [4.69, 9.17) is 4.74 Å². The summed E-state index contributed by atoms with van der Waals surface area (Å²) in [4.78, 5) is 0. The largest absolute Gasteiger partial charge is 0.384 e. The second-order valence-corrected chi connectivity index (χ2v) is 10.1. The Balaban J connectivity index is 1.26. The molecule has 0 bridgehead atoms. The summed E-state index contributed by atoms with van der Waals surface area (Å²) < 4.78 is 32.2. The summed E-state index contributed by atoms with van der Waals surface area (Å²) in [6, 6.07) is 0.117. The van der Waals surface area contributed by atoms with E-state index in [1.165, 1.54) is 11.3 Å². The van der Waals surface area contributed by atoms with Crippen molar-refractivity contribution in [3.8, 4) is 0 Å². The maximum Gasteiger partial charge on any atom is 0.248 e. The fourth-order valence-corrected chi connectivity index (χ4v) is 4.67. The number of hydrogen-bond acceptors (Lipinski definition) is 6. The molecule has 0 amide bonds. The van der Waals surface area contributed by atoms with Gasteiger partial charge in [-0.1, -0.05) is 32.1 Å². The molecule has 4 unspecified atom stereocenters. The minimum absolute atomic E-state index is 0.00276. The molecule has 4 rings (SSSR count). The average Bonchev–Trinajstić information content (AvgIpc) is 3.21. The third kappa shape index (κ3) is 5.37. The first kappa shape index (κ1) is 22.9. The zero-order chi connectivity index (χ0) is 22.2. The van der Waals surface area contributed by atoms with Crippen molar-refractivity contribution in [3.05, 3.63) is 35.6 Å². The molecule has 174 valence electrons. The molecule has 8 heteroatoms. The van der Waals surface area contributed by atoms with E-state index < -0.39 is 17.6 Å². The molecule has 0 radical (unpaired) electrons. The molecule has 1 saturated heterocycles. The van der Waals surface area contributed by atoms with Crippen LogP contribution in [0.25, 0.3) is 0 Å². The quantitative estimate of drug-likeness (QED) is 0.308. The average molecular weight is 440 g/mol. The van der Waals surface area contributed by atoms with Crippen molar-refractivity contribution < 1.29 is 23.7 Å². The molecule has 2 aliphatic heterocycles. The molecule has 2 heterocycles. The van der Waals surface area contributed by atoms with Gasteiger partial charge < -0.3 is 20.3 Å². The van der Waals surface area contributed by atoms with Gasteiger partial charge in [0.1, 0.15) is 0 Å². The number of rotatable bonds is 7. The van der Waals surface area contributed by atoms with Crippen LogP contribution in [-0.2, 0) is 4.74 Å². The predicted molar refractivity (Wildman–Crippen MR) is 114 cm³/mol. The third-order valence-corrected chi connectivity index (χ3v) is 7.05. The fraction of sp³-hybridized carbons (Fsp3) is 0.739. The first-order chi connectivity index (χ1) is 14.6. The lowest BCUT2D eigenvalue weighted by Crippen LogP contribution is -2.48. The zero-order valence-electron chi connectivity index (χ0n) is 18.3. The van der Waals surface area contributed by atoms with Crippen LogP contribution in [0.3, 0.4) is 0 Å². The summed E-state index contributed by atoms with van der Waals surface area (Å²) >= 11 is 0. The number of allylic oxidation sites excluding steroid dienone is 3. The molecule has 0 aromatic carbocycles. The number of ether oxygens (including phenoxy) is 1. The standard InChI is InChI=1S/C23H35F2N3O3/c1-22(2,21(29)30)13-31-17-6-3-14(4-7-17)18-8-5-15(11-26-18)20-27-12-19(28-20)16-9-23(24,25)10-16/h3,5-6,8,14,16-17,19-21,26-30H,4,7,9-13H2,1-2H3. The Morgan fingerprint density at radius 1 is 1.19 bits per heavy atom. The number of alkyl halides is 2. The highest BCUT2D eigenvalue weighted by atomic mass is 19.3. The normalized spacial score (nSPS) is 33.6. The van der Waals surface area contributed by atoms with Crippen LogP contribution < -0.4 is 16.0 Å². The summed E-state index contributed by atoms with van der Waals surface area (Å²) in [7, 11) is 0. The fourth-order valence-electron chi connectivity index (χ4n) is 4.67. The molecule has 0 aromatic heterocycles. The van der Waals surface area contributed by atoms with Gasteiger partial charge in [-0.3, -0.25) is 10.6 Å². The van der Waals surface area contributed by atoms with Gasteiger partial charge in [-0.25, -0.2) is 8.78 Å². The first-order valence-electron chi connectivity index (χ1n) is 11.3. The monoisotopic (exact) mass is 439 g/mol. The molecule has 0 aromatic rings. The van der Waals surface area contributed by atoms with Crippen molar-refractivity contribution in [2.75, 3.05) is 19.7 Å². The third-order valence-electron chi connectivity index (χ3n) is 7.05. The SMILES string of the molecule is CC(C)(COC1C=CC(C2=CC=C(C3NCC(C4CC(F)(F)C4)N3)CN2)CC1)C(O)O. The Morgan fingerprint density at radius 2 is 1.97 bits per heavy atom. The van der Waals surface area contributed by atoms with Crippen LogP contribution in [0.2, 0.25) is 0 Å². The van der Waals surface area contributed by atoms with E-state index >= 15 is 0 Å². The number of halogens is 2.